The van der Waals surface area contributed by atoms with Gasteiger partial charge >= 0.3 is 0 Å². The van der Waals surface area contributed by atoms with Crippen molar-refractivity contribution in [2.75, 3.05) is 27.2 Å². The molecular formula is C36H47F3N4O. The number of halogens is 3. The summed E-state index contributed by atoms with van der Waals surface area (Å²) in [6.07, 6.45) is 7.19. The molecule has 8 heteroatoms. The van der Waals surface area contributed by atoms with Gasteiger partial charge < -0.3 is 15.4 Å². The van der Waals surface area contributed by atoms with Gasteiger partial charge in [-0.2, -0.15) is 0 Å². The van der Waals surface area contributed by atoms with Crippen LogP contribution in [0.4, 0.5) is 13.2 Å². The lowest BCUT2D eigenvalue weighted by molar-refractivity contribution is -0.00582. The summed E-state index contributed by atoms with van der Waals surface area (Å²) in [6, 6.07) is 9.24. The molecule has 44 heavy (non-hydrogen) atoms. The Labute approximate surface area is 261 Å². The van der Waals surface area contributed by atoms with Crippen LogP contribution in [-0.2, 0) is 5.54 Å². The summed E-state index contributed by atoms with van der Waals surface area (Å²) in [4.78, 5) is 6.97. The van der Waals surface area contributed by atoms with Crippen LogP contribution in [0, 0.1) is 23.4 Å². The van der Waals surface area contributed by atoms with E-state index in [9.17, 15) is 8.78 Å². The molecule has 4 rings (SSSR count). The monoisotopic (exact) mass is 608 g/mol. The van der Waals surface area contributed by atoms with Crippen molar-refractivity contribution >= 4 is 11.3 Å². The predicted octanol–water partition coefficient (Wildman–Crippen LogP) is 7.75. The molecule has 2 N–H and O–H groups in total. The number of benzene rings is 2. The molecule has 0 amide bonds. The van der Waals surface area contributed by atoms with E-state index in [0.717, 1.165) is 30.8 Å². The highest BCUT2D eigenvalue weighted by molar-refractivity contribution is 6.11. The Morgan fingerprint density at radius 1 is 1.11 bits per heavy atom. The Kier molecular flexibility index (Phi) is 10.3. The molecule has 0 atom stereocenters. The zero-order chi connectivity index (χ0) is 32.2. The van der Waals surface area contributed by atoms with Crippen LogP contribution < -0.4 is 15.4 Å². The van der Waals surface area contributed by atoms with Gasteiger partial charge in [-0.25, -0.2) is 13.2 Å². The normalized spacial score (nSPS) is 20.9. The first-order valence-corrected chi connectivity index (χ1v) is 15.4. The second kappa shape index (κ2) is 13.6. The van der Waals surface area contributed by atoms with Gasteiger partial charge in [-0.15, -0.1) is 0 Å². The van der Waals surface area contributed by atoms with Crippen LogP contribution in [-0.4, -0.2) is 49.4 Å². The molecule has 1 saturated heterocycles. The number of methoxy groups -OCH3 is 1. The average Bonchev–Trinajstić information content (AvgIpc) is 2.94. The third kappa shape index (κ3) is 7.57. The van der Waals surface area contributed by atoms with Crippen molar-refractivity contribution in [2.24, 2.45) is 10.9 Å². The Morgan fingerprint density at radius 3 is 2.41 bits per heavy atom. The topological polar surface area (TPSA) is 48.9 Å². The van der Waals surface area contributed by atoms with Crippen molar-refractivity contribution in [3.05, 3.63) is 95.6 Å². The number of ether oxygens (including phenoxy) is 1. The molecule has 2 aliphatic rings. The zero-order valence-corrected chi connectivity index (χ0v) is 27.0. The van der Waals surface area contributed by atoms with Gasteiger partial charge in [0.2, 0.25) is 0 Å². The fraction of sp³-hybridized carbons (Fsp3) is 0.472. The molecule has 1 aliphatic carbocycles. The first kappa shape index (κ1) is 33.4. The van der Waals surface area contributed by atoms with Crippen LogP contribution in [0.2, 0.25) is 0 Å². The number of nitrogens with one attached hydrogen (secondary N) is 2. The Hall–Kier alpha value is -3.52. The maximum atomic E-state index is 15.2. The summed E-state index contributed by atoms with van der Waals surface area (Å²) in [5, 5.41) is 7.14. The lowest BCUT2D eigenvalue weighted by Crippen LogP contribution is -2.71. The summed E-state index contributed by atoms with van der Waals surface area (Å²) in [6.45, 7) is 18.2. The summed E-state index contributed by atoms with van der Waals surface area (Å²) in [5.74, 6) is -0.680. The van der Waals surface area contributed by atoms with Crippen LogP contribution in [0.1, 0.15) is 70.9 Å². The van der Waals surface area contributed by atoms with E-state index in [-0.39, 0.29) is 11.3 Å². The molecule has 0 aromatic heterocycles. The van der Waals surface area contributed by atoms with E-state index in [1.54, 1.807) is 38.2 Å². The molecule has 238 valence electrons. The van der Waals surface area contributed by atoms with Crippen LogP contribution >= 0.6 is 0 Å². The number of hydrogen-bond acceptors (Lipinski definition) is 5. The largest absolute Gasteiger partial charge is 0.494 e. The summed E-state index contributed by atoms with van der Waals surface area (Å²) in [7, 11) is 3.13. The molecule has 0 unspecified atom stereocenters. The number of rotatable bonds is 12. The van der Waals surface area contributed by atoms with Gasteiger partial charge in [0.05, 0.1) is 29.6 Å². The molecule has 2 aromatic rings. The molecule has 1 aliphatic heterocycles. The van der Waals surface area contributed by atoms with E-state index in [1.165, 1.54) is 44.9 Å². The Balaban J connectivity index is 1.53. The van der Waals surface area contributed by atoms with Crippen molar-refractivity contribution in [1.29, 1.82) is 0 Å². The fourth-order valence-corrected chi connectivity index (χ4v) is 6.71. The molecule has 5 nitrogen and oxygen atoms in total. The van der Waals surface area contributed by atoms with E-state index < -0.39 is 23.0 Å². The minimum Gasteiger partial charge on any atom is -0.494 e. The minimum absolute atomic E-state index is 0.198. The highest BCUT2D eigenvalue weighted by atomic mass is 19.1. The van der Waals surface area contributed by atoms with Crippen LogP contribution in [0.15, 0.2) is 72.0 Å². The number of likely N-dealkylation sites (tertiary alicyclic amines) is 1. The van der Waals surface area contributed by atoms with Gasteiger partial charge in [0.15, 0.2) is 11.6 Å². The SMILES string of the molecule is C=C(CC1(NC(=C)C(/C=C(\C)c2ccc(F)cc2F)=NC)CN(C2CCC(C)CC2)C1)NC(C)(C)c1cccc(OC)c1F. The van der Waals surface area contributed by atoms with Gasteiger partial charge in [-0.05, 0) is 82.2 Å². The van der Waals surface area contributed by atoms with Crippen molar-refractivity contribution in [2.45, 2.75) is 76.9 Å². The number of hydrogen-bond donors (Lipinski definition) is 2. The highest BCUT2D eigenvalue weighted by Crippen LogP contribution is 2.37. The van der Waals surface area contributed by atoms with Gasteiger partial charge in [0, 0.05) is 55.5 Å². The number of allylic oxidation sites excluding steroid dienone is 2. The fourth-order valence-electron chi connectivity index (χ4n) is 6.71. The third-order valence-electron chi connectivity index (χ3n) is 9.09. The smallest absolute Gasteiger partial charge is 0.170 e. The molecule has 0 radical (unpaired) electrons. The van der Waals surface area contributed by atoms with E-state index >= 15 is 4.39 Å². The van der Waals surface area contributed by atoms with Crippen LogP contribution in [0.25, 0.3) is 5.57 Å². The van der Waals surface area contributed by atoms with E-state index in [0.29, 0.717) is 40.6 Å². The summed E-state index contributed by atoms with van der Waals surface area (Å²) in [5.41, 5.74) is 2.23. The van der Waals surface area contributed by atoms with Crippen LogP contribution in [0.5, 0.6) is 5.75 Å². The van der Waals surface area contributed by atoms with Crippen LogP contribution in [0.3, 0.4) is 0 Å². The van der Waals surface area contributed by atoms with Crippen molar-refractivity contribution in [1.82, 2.24) is 15.5 Å². The first-order valence-electron chi connectivity index (χ1n) is 15.4. The average molecular weight is 609 g/mol. The second-order valence-corrected chi connectivity index (χ2v) is 13.1. The quantitative estimate of drug-likeness (QED) is 0.242. The molecule has 1 heterocycles. The number of aliphatic imine (C=N–C) groups is 1. The van der Waals surface area contributed by atoms with Crippen molar-refractivity contribution in [3.8, 4) is 5.75 Å². The van der Waals surface area contributed by atoms with E-state index in [1.807, 2.05) is 13.8 Å². The third-order valence-corrected chi connectivity index (χ3v) is 9.09. The van der Waals surface area contributed by atoms with Gasteiger partial charge in [0.25, 0.3) is 0 Å². The first-order chi connectivity index (χ1) is 20.8. The molecule has 1 saturated carbocycles. The molecule has 0 bridgehead atoms. The van der Waals surface area contributed by atoms with Gasteiger partial charge in [0.1, 0.15) is 11.6 Å². The Bertz CT molecular complexity index is 1430. The van der Waals surface area contributed by atoms with E-state index in [4.69, 9.17) is 4.74 Å². The molecule has 2 fully saturated rings. The highest BCUT2D eigenvalue weighted by Gasteiger charge is 2.47. The molecular weight excluding hydrogens is 561 g/mol. The Morgan fingerprint density at radius 2 is 1.80 bits per heavy atom. The minimum atomic E-state index is -0.744. The van der Waals surface area contributed by atoms with Crippen molar-refractivity contribution in [3.63, 3.8) is 0 Å². The van der Waals surface area contributed by atoms with E-state index in [2.05, 4.69) is 40.6 Å². The maximum absolute atomic E-state index is 15.2. The summed E-state index contributed by atoms with van der Waals surface area (Å²) >= 11 is 0. The van der Waals surface area contributed by atoms with Crippen molar-refractivity contribution < 1.29 is 17.9 Å². The zero-order valence-electron chi connectivity index (χ0n) is 27.0. The molecule has 0 spiro atoms. The standard InChI is InChI=1S/C36H47F3N4O/c1-23-12-15-28(16-13-23)43-21-36(22-43,20-25(3)41-35(5,6)30-10-9-11-33(44-8)34(30)39)42-26(4)32(40-7)18-24(2)29-17-14-27(37)19-31(29)38/h9-11,14,17-19,23,28,41-42H,3-4,12-13,15-16,20-22H2,1-2,5-8H3/b24-18+,40-32?. The van der Waals surface area contributed by atoms with Gasteiger partial charge in [-0.1, -0.05) is 32.2 Å². The number of nitrogens with zero attached hydrogens (tertiary/aromatic N) is 2. The maximum Gasteiger partial charge on any atom is 0.170 e. The molecule has 2 aromatic carbocycles. The summed E-state index contributed by atoms with van der Waals surface area (Å²) < 4.78 is 48.4. The lowest BCUT2D eigenvalue weighted by Gasteiger charge is -2.55. The predicted molar refractivity (Wildman–Crippen MR) is 174 cm³/mol. The lowest BCUT2D eigenvalue weighted by atomic mass is 9.79. The second-order valence-electron chi connectivity index (χ2n) is 13.1. The van der Waals surface area contributed by atoms with Gasteiger partial charge in [-0.3, -0.25) is 9.89 Å².